The molecule has 0 fully saturated rings. The monoisotopic (exact) mass is 700 g/mol. The lowest BCUT2D eigenvalue weighted by Gasteiger charge is -2.25. The Kier molecular flexibility index (Phi) is 13.2. The highest BCUT2D eigenvalue weighted by Crippen LogP contribution is 2.32. The fourth-order valence-electron chi connectivity index (χ4n) is 5.11. The Balaban J connectivity index is 1.45. The first-order chi connectivity index (χ1) is 22.5. The Labute approximate surface area is 287 Å². The smallest absolute Gasteiger partial charge is 0.245 e. The molecule has 1 aliphatic heterocycles. The predicted octanol–water partition coefficient (Wildman–Crippen LogP) is 3.98. The second kappa shape index (κ2) is 17.1. The zero-order valence-electron chi connectivity index (χ0n) is 27.0. The molecule has 0 saturated carbocycles. The average Bonchev–Trinajstić information content (AvgIpc) is 3.60. The second-order valence-electron chi connectivity index (χ2n) is 11.7. The third-order valence-corrected chi connectivity index (χ3v) is 10.7. The van der Waals surface area contributed by atoms with Gasteiger partial charge in [0.1, 0.15) is 10.7 Å². The van der Waals surface area contributed by atoms with Crippen molar-refractivity contribution in [1.82, 2.24) is 24.7 Å². The van der Waals surface area contributed by atoms with Crippen molar-refractivity contribution in [3.05, 3.63) is 99.0 Å². The summed E-state index contributed by atoms with van der Waals surface area (Å²) in [7, 11) is -0.246. The van der Waals surface area contributed by atoms with Crippen LogP contribution in [0.5, 0.6) is 0 Å². The van der Waals surface area contributed by atoms with Crippen LogP contribution in [0, 0.1) is 6.92 Å². The number of nitrogens with zero attached hydrogens (tertiary/aromatic N) is 4. The van der Waals surface area contributed by atoms with Gasteiger partial charge < -0.3 is 20.4 Å². The highest BCUT2D eigenvalue weighted by atomic mass is 35.5. The fourth-order valence-corrected chi connectivity index (χ4v) is 7.29. The predicted molar refractivity (Wildman–Crippen MR) is 188 cm³/mol. The van der Waals surface area contributed by atoms with E-state index >= 15 is 0 Å². The van der Waals surface area contributed by atoms with Gasteiger partial charge in [0.15, 0.2) is 0 Å². The summed E-state index contributed by atoms with van der Waals surface area (Å²) in [6, 6.07) is 20.1. The van der Waals surface area contributed by atoms with Gasteiger partial charge in [-0.05, 0) is 69.2 Å². The molecule has 3 aromatic rings. The number of amidine groups is 1. The van der Waals surface area contributed by atoms with E-state index in [1.54, 1.807) is 11.8 Å². The van der Waals surface area contributed by atoms with Crippen LogP contribution in [-0.2, 0) is 32.6 Å². The molecule has 0 atom stereocenters. The van der Waals surface area contributed by atoms with E-state index < -0.39 is 22.5 Å². The Morgan fingerprint density at radius 2 is 1.66 bits per heavy atom. The topological polar surface area (TPSA) is 114 Å². The van der Waals surface area contributed by atoms with Gasteiger partial charge in [0.05, 0.1) is 24.7 Å². The molecule has 0 aliphatic carbocycles. The van der Waals surface area contributed by atoms with Crippen molar-refractivity contribution in [3.8, 4) is 0 Å². The van der Waals surface area contributed by atoms with Crippen LogP contribution >= 0.6 is 23.2 Å². The molecule has 4 rings (SSSR count). The minimum atomic E-state index is -4.19. The SMILES string of the molecule is Cc1c(Cl)ccc(S(=O)(=O)N(CCc2ccccc2)CC(=O)NCC(=O)N(CCCN(C)C)Cc2ccc(C3=NCCN3)cc2)c1Cl. The van der Waals surface area contributed by atoms with E-state index in [2.05, 4.69) is 15.6 Å². The molecule has 1 heterocycles. The number of aliphatic imine (C=N–C) groups is 1. The van der Waals surface area contributed by atoms with Crippen LogP contribution < -0.4 is 10.6 Å². The summed E-state index contributed by atoms with van der Waals surface area (Å²) in [5.74, 6) is 0.00350. The molecule has 0 saturated heterocycles. The number of sulfonamides is 1. The van der Waals surface area contributed by atoms with Gasteiger partial charge >= 0.3 is 0 Å². The van der Waals surface area contributed by atoms with Crippen LogP contribution in [0.3, 0.4) is 0 Å². The van der Waals surface area contributed by atoms with Gasteiger partial charge in [-0.3, -0.25) is 14.6 Å². The van der Waals surface area contributed by atoms with Gasteiger partial charge in [-0.15, -0.1) is 0 Å². The largest absolute Gasteiger partial charge is 0.368 e. The summed E-state index contributed by atoms with van der Waals surface area (Å²) in [4.78, 5) is 34.8. The molecule has 0 radical (unpaired) electrons. The average molecular weight is 702 g/mol. The number of nitrogens with one attached hydrogen (secondary N) is 2. The molecule has 47 heavy (non-hydrogen) atoms. The van der Waals surface area contributed by atoms with Gasteiger partial charge in [-0.1, -0.05) is 77.8 Å². The normalized spacial score (nSPS) is 13.0. The van der Waals surface area contributed by atoms with Crippen molar-refractivity contribution in [1.29, 1.82) is 0 Å². The van der Waals surface area contributed by atoms with Gasteiger partial charge in [-0.2, -0.15) is 4.31 Å². The van der Waals surface area contributed by atoms with E-state index in [4.69, 9.17) is 23.2 Å². The Morgan fingerprint density at radius 1 is 0.936 bits per heavy atom. The molecule has 10 nitrogen and oxygen atoms in total. The third kappa shape index (κ3) is 10.3. The van der Waals surface area contributed by atoms with Gasteiger partial charge in [0, 0.05) is 36.8 Å². The Morgan fingerprint density at radius 3 is 2.32 bits per heavy atom. The summed E-state index contributed by atoms with van der Waals surface area (Å²) < 4.78 is 28.8. The molecule has 0 spiro atoms. The third-order valence-electron chi connectivity index (χ3n) is 7.81. The number of benzene rings is 3. The zero-order valence-corrected chi connectivity index (χ0v) is 29.3. The molecule has 0 aromatic heterocycles. The summed E-state index contributed by atoms with van der Waals surface area (Å²) in [5, 5.41) is 6.26. The maximum absolute atomic E-state index is 13.8. The highest BCUT2D eigenvalue weighted by Gasteiger charge is 2.30. The van der Waals surface area contributed by atoms with Crippen LogP contribution in [0.25, 0.3) is 0 Å². The van der Waals surface area contributed by atoms with Crippen molar-refractivity contribution in [3.63, 3.8) is 0 Å². The standard InChI is InChI=1S/C34H42Cl2N6O4S/c1-25-29(35)14-15-30(33(25)36)47(45,46)42(21-16-26-8-5-4-6-9-26)24-31(43)39-22-32(44)41(20-7-19-40(2)3)23-27-10-12-28(13-11-27)34-37-17-18-38-34/h4-6,8-15H,7,16-24H2,1-3H3,(H,37,38)(H,39,43). The number of halogens is 2. The van der Waals surface area contributed by atoms with Crippen molar-refractivity contribution < 1.29 is 18.0 Å². The first kappa shape index (κ1) is 36.4. The van der Waals surface area contributed by atoms with E-state index in [-0.39, 0.29) is 28.9 Å². The van der Waals surface area contributed by atoms with Crippen molar-refractivity contribution in [2.45, 2.75) is 31.2 Å². The van der Waals surface area contributed by atoms with E-state index in [0.29, 0.717) is 30.1 Å². The van der Waals surface area contributed by atoms with Crippen LogP contribution in [0.4, 0.5) is 0 Å². The maximum Gasteiger partial charge on any atom is 0.245 e. The Bertz CT molecular complexity index is 1670. The molecule has 1 aliphatic rings. The fraction of sp³-hybridized carbons (Fsp3) is 0.382. The quantitative estimate of drug-likeness (QED) is 0.234. The molecule has 3 aromatic carbocycles. The number of amides is 2. The Hall–Kier alpha value is -3.48. The zero-order chi connectivity index (χ0) is 34.0. The lowest BCUT2D eigenvalue weighted by Crippen LogP contribution is -2.45. The number of carbonyl (C=O) groups excluding carboxylic acids is 2. The molecule has 0 bridgehead atoms. The second-order valence-corrected chi connectivity index (χ2v) is 14.4. The molecular formula is C34H42Cl2N6O4S. The lowest BCUT2D eigenvalue weighted by molar-refractivity contribution is -0.133. The molecule has 2 amide bonds. The van der Waals surface area contributed by atoms with E-state index in [9.17, 15) is 18.0 Å². The number of carbonyl (C=O) groups is 2. The number of rotatable bonds is 16. The molecule has 13 heteroatoms. The first-order valence-electron chi connectivity index (χ1n) is 15.5. The summed E-state index contributed by atoms with van der Waals surface area (Å²) in [6.07, 6.45) is 1.12. The minimum Gasteiger partial charge on any atom is -0.368 e. The number of hydrogen-bond acceptors (Lipinski definition) is 7. The molecule has 2 N–H and O–H groups in total. The van der Waals surface area contributed by atoms with Crippen LogP contribution in [-0.4, -0.2) is 100 Å². The molecule has 252 valence electrons. The maximum atomic E-state index is 13.8. The van der Waals surface area contributed by atoms with Crippen LogP contribution in [0.1, 0.15) is 28.7 Å². The summed E-state index contributed by atoms with van der Waals surface area (Å²) >= 11 is 12.6. The lowest BCUT2D eigenvalue weighted by atomic mass is 10.1. The van der Waals surface area contributed by atoms with Gasteiger partial charge in [-0.25, -0.2) is 8.42 Å². The molecular weight excluding hydrogens is 659 g/mol. The minimum absolute atomic E-state index is 0.00619. The molecule has 0 unspecified atom stereocenters. The first-order valence-corrected chi connectivity index (χ1v) is 17.7. The van der Waals surface area contributed by atoms with Crippen molar-refractivity contribution >= 4 is 50.9 Å². The summed E-state index contributed by atoms with van der Waals surface area (Å²) in [5.41, 5.74) is 3.28. The van der Waals surface area contributed by atoms with E-state index in [1.807, 2.05) is 73.6 Å². The van der Waals surface area contributed by atoms with Crippen LogP contribution in [0.15, 0.2) is 76.6 Å². The van der Waals surface area contributed by atoms with Crippen molar-refractivity contribution in [2.75, 3.05) is 59.9 Å². The number of hydrogen-bond donors (Lipinski definition) is 2. The van der Waals surface area contributed by atoms with Gasteiger partial charge in [0.25, 0.3) is 0 Å². The van der Waals surface area contributed by atoms with Crippen molar-refractivity contribution in [2.24, 2.45) is 4.99 Å². The van der Waals surface area contributed by atoms with Crippen LogP contribution in [0.2, 0.25) is 10.0 Å². The highest BCUT2D eigenvalue weighted by molar-refractivity contribution is 7.89. The summed E-state index contributed by atoms with van der Waals surface area (Å²) in [6.45, 7) is 4.14. The van der Waals surface area contributed by atoms with E-state index in [1.165, 1.54) is 12.1 Å². The van der Waals surface area contributed by atoms with E-state index in [0.717, 1.165) is 52.9 Å². The van der Waals surface area contributed by atoms with Gasteiger partial charge in [0.2, 0.25) is 21.8 Å².